The maximum absolute atomic E-state index is 14.2. The number of hydrogen-bond donors (Lipinski definition) is 0. The third-order valence-corrected chi connectivity index (χ3v) is 7.36. The summed E-state index contributed by atoms with van der Waals surface area (Å²) in [6, 6.07) is 11.9. The van der Waals surface area contributed by atoms with Gasteiger partial charge in [-0.3, -0.25) is 9.69 Å². The highest BCUT2D eigenvalue weighted by atomic mass is 35.5. The molecule has 1 heterocycles. The molecular weight excluding hydrogens is 588 g/mol. The van der Waals surface area contributed by atoms with Gasteiger partial charge in [-0.05, 0) is 66.7 Å². The lowest BCUT2D eigenvalue weighted by molar-refractivity contribution is -0.274. The molecule has 1 amide bonds. The summed E-state index contributed by atoms with van der Waals surface area (Å²) in [6.45, 7) is 0.446. The van der Waals surface area contributed by atoms with Crippen LogP contribution in [0.25, 0.3) is 0 Å². The predicted molar refractivity (Wildman–Crippen MR) is 135 cm³/mol. The van der Waals surface area contributed by atoms with Gasteiger partial charge in [-0.15, -0.1) is 13.2 Å². The van der Waals surface area contributed by atoms with Crippen LogP contribution in [-0.2, 0) is 12.7 Å². The van der Waals surface area contributed by atoms with Crippen molar-refractivity contribution in [2.75, 3.05) is 20.1 Å². The molecule has 0 aliphatic carbocycles. The monoisotopic (exact) mass is 608 g/mol. The van der Waals surface area contributed by atoms with Gasteiger partial charge in [0.2, 0.25) is 0 Å². The molecule has 0 radical (unpaired) electrons. The van der Waals surface area contributed by atoms with Crippen molar-refractivity contribution in [3.05, 3.63) is 98.8 Å². The fourth-order valence-electron chi connectivity index (χ4n) is 4.74. The van der Waals surface area contributed by atoms with Crippen LogP contribution in [0.2, 0.25) is 10.0 Å². The highest BCUT2D eigenvalue weighted by Gasteiger charge is 2.39. The second-order valence-corrected chi connectivity index (χ2v) is 10.2. The Morgan fingerprint density at radius 3 is 2.20 bits per heavy atom. The van der Waals surface area contributed by atoms with E-state index in [1.54, 1.807) is 30.1 Å². The van der Waals surface area contributed by atoms with E-state index in [4.69, 9.17) is 23.2 Å². The first-order valence-corrected chi connectivity index (χ1v) is 12.5. The van der Waals surface area contributed by atoms with E-state index in [1.807, 2.05) is 0 Å². The molecule has 0 spiro atoms. The summed E-state index contributed by atoms with van der Waals surface area (Å²) in [5.74, 6) is -2.63. The Morgan fingerprint density at radius 2 is 1.62 bits per heavy atom. The predicted octanol–water partition coefficient (Wildman–Crippen LogP) is 7.79. The van der Waals surface area contributed by atoms with E-state index >= 15 is 0 Å². The topological polar surface area (TPSA) is 32.8 Å². The molecule has 0 N–H and O–H groups in total. The first kappa shape index (κ1) is 30.0. The van der Waals surface area contributed by atoms with E-state index in [0.29, 0.717) is 16.7 Å². The summed E-state index contributed by atoms with van der Waals surface area (Å²) in [4.78, 5) is 16.6. The minimum Gasteiger partial charge on any atom is -0.406 e. The molecule has 4 rings (SSSR count). The van der Waals surface area contributed by atoms with Crippen LogP contribution in [0.3, 0.4) is 0 Å². The second kappa shape index (κ2) is 11.5. The van der Waals surface area contributed by atoms with Crippen LogP contribution in [0.15, 0.2) is 60.7 Å². The maximum Gasteiger partial charge on any atom is 0.573 e. The zero-order valence-electron chi connectivity index (χ0n) is 20.7. The van der Waals surface area contributed by atoms with Gasteiger partial charge in [-0.2, -0.15) is 13.2 Å². The number of likely N-dealkylation sites (tertiary alicyclic amines) is 1. The zero-order valence-corrected chi connectivity index (χ0v) is 22.2. The number of carbonyl (C=O) groups excluding carboxylic acids is 1. The Kier molecular flexibility index (Phi) is 8.58. The molecule has 3 aromatic rings. The van der Waals surface area contributed by atoms with Crippen molar-refractivity contribution in [1.29, 1.82) is 0 Å². The molecule has 214 valence electrons. The normalized spacial score (nSPS) is 17.9. The van der Waals surface area contributed by atoms with Gasteiger partial charge in [0.1, 0.15) is 11.6 Å². The van der Waals surface area contributed by atoms with E-state index in [1.165, 1.54) is 23.1 Å². The molecule has 0 bridgehead atoms. The van der Waals surface area contributed by atoms with Crippen molar-refractivity contribution in [2.45, 2.75) is 31.0 Å². The number of alkyl halides is 6. The number of rotatable bonds is 6. The molecule has 0 unspecified atom stereocenters. The van der Waals surface area contributed by atoms with E-state index in [9.17, 15) is 35.5 Å². The Morgan fingerprint density at radius 1 is 0.950 bits per heavy atom. The van der Waals surface area contributed by atoms with Crippen molar-refractivity contribution in [3.8, 4) is 5.75 Å². The number of nitrogens with zero attached hydrogens (tertiary/aromatic N) is 2. The number of ether oxygens (including phenoxy) is 1. The minimum atomic E-state index is -4.87. The third kappa shape index (κ3) is 7.00. The van der Waals surface area contributed by atoms with Gasteiger partial charge in [0.25, 0.3) is 5.91 Å². The van der Waals surface area contributed by atoms with Crippen LogP contribution < -0.4 is 4.74 Å². The van der Waals surface area contributed by atoms with Crippen LogP contribution in [0.1, 0.15) is 33.0 Å². The van der Waals surface area contributed by atoms with Gasteiger partial charge in [-0.25, -0.2) is 4.39 Å². The van der Waals surface area contributed by atoms with Crippen LogP contribution in [0, 0.1) is 5.82 Å². The van der Waals surface area contributed by atoms with Crippen LogP contribution >= 0.6 is 23.2 Å². The van der Waals surface area contributed by atoms with Gasteiger partial charge >= 0.3 is 12.5 Å². The molecule has 1 aliphatic rings. The summed E-state index contributed by atoms with van der Waals surface area (Å²) in [6.07, 6.45) is -9.70. The molecule has 40 heavy (non-hydrogen) atoms. The average molecular weight is 609 g/mol. The Bertz CT molecular complexity index is 1380. The molecule has 0 saturated carbocycles. The summed E-state index contributed by atoms with van der Waals surface area (Å²) >= 11 is 12.3. The third-order valence-electron chi connectivity index (χ3n) is 6.62. The van der Waals surface area contributed by atoms with E-state index in [0.717, 1.165) is 23.8 Å². The number of likely N-dealkylation sites (N-methyl/N-ethyl adjacent to an activating group) is 1. The van der Waals surface area contributed by atoms with Crippen LogP contribution in [0.4, 0.5) is 30.7 Å². The lowest BCUT2D eigenvalue weighted by atomic mass is 9.93. The number of carbonyl (C=O) groups is 1. The van der Waals surface area contributed by atoms with Crippen molar-refractivity contribution in [2.24, 2.45) is 0 Å². The lowest BCUT2D eigenvalue weighted by Gasteiger charge is -2.29. The van der Waals surface area contributed by atoms with Crippen LogP contribution in [-0.4, -0.2) is 48.2 Å². The molecule has 1 aliphatic heterocycles. The van der Waals surface area contributed by atoms with Crippen molar-refractivity contribution >= 4 is 29.1 Å². The average Bonchev–Trinajstić information content (AvgIpc) is 3.30. The minimum absolute atomic E-state index is 0.0725. The first-order chi connectivity index (χ1) is 18.6. The molecule has 3 aromatic carbocycles. The first-order valence-electron chi connectivity index (χ1n) is 11.8. The fraction of sp³-hybridized carbons (Fsp3) is 0.296. The molecule has 4 nitrogen and oxygen atoms in total. The largest absolute Gasteiger partial charge is 0.573 e. The maximum atomic E-state index is 14.2. The molecular formula is C27H21Cl2F7N2O2. The number of hydrogen-bond acceptors (Lipinski definition) is 3. The molecule has 1 fully saturated rings. The lowest BCUT2D eigenvalue weighted by Crippen LogP contribution is -2.38. The van der Waals surface area contributed by atoms with Gasteiger partial charge in [0, 0.05) is 37.2 Å². The van der Waals surface area contributed by atoms with Crippen LogP contribution in [0.5, 0.6) is 5.75 Å². The van der Waals surface area contributed by atoms with E-state index in [-0.39, 0.29) is 42.2 Å². The Labute approximate surface area is 234 Å². The standard InChI is InChI=1S/C27H21Cl2F7N2O2/c1-37(12-15-2-8-20(23(30)10-15)26(31,32)33)24-14-38(13-19(24)17-5-9-21(28)22(29)11-17)25(39)16-3-6-18(7-4-16)40-27(34,35)36/h2-11,19,24H,12-14H2,1H3/t19-,24-/m1/s1. The van der Waals surface area contributed by atoms with Crippen molar-refractivity contribution in [3.63, 3.8) is 0 Å². The van der Waals surface area contributed by atoms with Gasteiger partial charge in [0.15, 0.2) is 0 Å². The second-order valence-electron chi connectivity index (χ2n) is 9.36. The van der Waals surface area contributed by atoms with E-state index < -0.39 is 35.6 Å². The Hall–Kier alpha value is -3.02. The highest BCUT2D eigenvalue weighted by molar-refractivity contribution is 6.42. The zero-order chi connectivity index (χ0) is 29.4. The summed E-state index contributed by atoms with van der Waals surface area (Å²) in [5.41, 5.74) is -0.188. The molecule has 0 aromatic heterocycles. The highest BCUT2D eigenvalue weighted by Crippen LogP contribution is 2.36. The Balaban J connectivity index is 1.58. The summed E-state index contributed by atoms with van der Waals surface area (Å²) in [5, 5.41) is 0.609. The summed E-state index contributed by atoms with van der Waals surface area (Å²) in [7, 11) is 1.70. The summed E-state index contributed by atoms with van der Waals surface area (Å²) < 4.78 is 94.4. The van der Waals surface area contributed by atoms with Gasteiger partial charge in [0.05, 0.1) is 15.6 Å². The smallest absolute Gasteiger partial charge is 0.406 e. The number of benzene rings is 3. The molecule has 1 saturated heterocycles. The number of amides is 1. The molecule has 13 heteroatoms. The quantitative estimate of drug-likeness (QED) is 0.268. The van der Waals surface area contributed by atoms with Crippen molar-refractivity contribution in [1.82, 2.24) is 9.80 Å². The SMILES string of the molecule is CN(Cc1ccc(C(F)(F)F)c(F)c1)[C@@H]1CN(C(=O)c2ccc(OC(F)(F)F)cc2)C[C@@H]1c1ccc(Cl)c(Cl)c1. The van der Waals surface area contributed by atoms with Gasteiger partial charge in [-0.1, -0.05) is 35.3 Å². The van der Waals surface area contributed by atoms with E-state index in [2.05, 4.69) is 4.74 Å². The van der Waals surface area contributed by atoms with Gasteiger partial charge < -0.3 is 9.64 Å². The molecule has 2 atom stereocenters. The van der Waals surface area contributed by atoms with Crippen molar-refractivity contribution < 1.29 is 40.3 Å². The fourth-order valence-corrected chi connectivity index (χ4v) is 5.05. The number of halogens is 9.